The molecule has 4 nitrogen and oxygen atoms in total. The third-order valence-corrected chi connectivity index (χ3v) is 4.79. The zero-order valence-corrected chi connectivity index (χ0v) is 15.4. The van der Waals surface area contributed by atoms with Gasteiger partial charge < -0.3 is 4.74 Å². The molecular formula is C21H23ClN2O2. The van der Waals surface area contributed by atoms with Gasteiger partial charge in [0.05, 0.1) is 6.21 Å². The van der Waals surface area contributed by atoms with Crippen LogP contribution < -0.4 is 10.2 Å². The lowest BCUT2D eigenvalue weighted by Crippen LogP contribution is -2.28. The molecule has 1 fully saturated rings. The van der Waals surface area contributed by atoms with E-state index in [0.717, 1.165) is 42.6 Å². The zero-order valence-electron chi connectivity index (χ0n) is 14.7. The molecule has 0 spiro atoms. The number of halogens is 1. The van der Waals surface area contributed by atoms with E-state index in [2.05, 4.69) is 10.5 Å². The molecule has 26 heavy (non-hydrogen) atoms. The van der Waals surface area contributed by atoms with Crippen LogP contribution in [-0.2, 0) is 11.4 Å². The summed E-state index contributed by atoms with van der Waals surface area (Å²) in [4.78, 5) is 12.1. The standard InChI is InChI=1S/C21H23ClN2O2/c22-19-11-9-16(10-12-19)15-26-20-8-4-5-17(13-20)14-23-24-21(25)18-6-2-1-3-7-18/h4-5,8-14,18H,1-3,6-7,15H2,(H,24,25). The van der Waals surface area contributed by atoms with Gasteiger partial charge in [-0.25, -0.2) is 5.43 Å². The number of ether oxygens (including phenoxy) is 1. The number of hydrogen-bond acceptors (Lipinski definition) is 3. The maximum atomic E-state index is 12.1. The minimum atomic E-state index is 0.0242. The Labute approximate surface area is 159 Å². The number of carbonyl (C=O) groups is 1. The van der Waals surface area contributed by atoms with Crippen LogP contribution in [0.25, 0.3) is 0 Å². The number of nitrogens with zero attached hydrogens (tertiary/aromatic N) is 1. The Balaban J connectivity index is 1.51. The van der Waals surface area contributed by atoms with Gasteiger partial charge in [-0.3, -0.25) is 4.79 Å². The van der Waals surface area contributed by atoms with Crippen molar-refractivity contribution in [2.24, 2.45) is 11.0 Å². The van der Waals surface area contributed by atoms with Crippen LogP contribution in [0.5, 0.6) is 5.75 Å². The van der Waals surface area contributed by atoms with Crippen molar-refractivity contribution in [1.29, 1.82) is 0 Å². The average molecular weight is 371 g/mol. The number of hydrazone groups is 1. The highest BCUT2D eigenvalue weighted by molar-refractivity contribution is 6.30. The summed E-state index contributed by atoms with van der Waals surface area (Å²) < 4.78 is 5.80. The lowest BCUT2D eigenvalue weighted by molar-refractivity contribution is -0.125. The number of hydrogen-bond donors (Lipinski definition) is 1. The molecule has 0 aromatic heterocycles. The van der Waals surface area contributed by atoms with Gasteiger partial charge in [0, 0.05) is 10.9 Å². The summed E-state index contributed by atoms with van der Waals surface area (Å²) in [5, 5.41) is 4.80. The normalized spacial score (nSPS) is 15.1. The van der Waals surface area contributed by atoms with Crippen LogP contribution in [0.15, 0.2) is 53.6 Å². The Bertz CT molecular complexity index is 753. The minimum absolute atomic E-state index is 0.0242. The summed E-state index contributed by atoms with van der Waals surface area (Å²) in [6, 6.07) is 15.2. The summed E-state index contributed by atoms with van der Waals surface area (Å²) in [7, 11) is 0. The molecule has 0 saturated heterocycles. The summed E-state index contributed by atoms with van der Waals surface area (Å²) >= 11 is 5.88. The Morgan fingerprint density at radius 1 is 1.15 bits per heavy atom. The first-order valence-electron chi connectivity index (χ1n) is 9.01. The van der Waals surface area contributed by atoms with Crippen molar-refractivity contribution in [2.45, 2.75) is 38.7 Å². The Hall–Kier alpha value is -2.33. The van der Waals surface area contributed by atoms with E-state index in [4.69, 9.17) is 16.3 Å². The molecule has 0 heterocycles. The lowest BCUT2D eigenvalue weighted by atomic mass is 9.89. The molecular weight excluding hydrogens is 348 g/mol. The van der Waals surface area contributed by atoms with Gasteiger partial charge in [-0.05, 0) is 48.2 Å². The molecule has 5 heteroatoms. The summed E-state index contributed by atoms with van der Waals surface area (Å²) in [5.41, 5.74) is 4.59. The van der Waals surface area contributed by atoms with Gasteiger partial charge in [0.1, 0.15) is 12.4 Å². The zero-order chi connectivity index (χ0) is 18.2. The molecule has 1 saturated carbocycles. The predicted octanol–water partition coefficient (Wildman–Crippen LogP) is 4.95. The highest BCUT2D eigenvalue weighted by atomic mass is 35.5. The fraction of sp³-hybridized carbons (Fsp3) is 0.333. The second kappa shape index (κ2) is 9.39. The Kier molecular flexibility index (Phi) is 6.67. The van der Waals surface area contributed by atoms with Crippen molar-refractivity contribution in [3.63, 3.8) is 0 Å². The van der Waals surface area contributed by atoms with Gasteiger partial charge in [-0.15, -0.1) is 0 Å². The highest BCUT2D eigenvalue weighted by Gasteiger charge is 2.20. The number of benzene rings is 2. The number of rotatable bonds is 6. The molecule has 1 aliphatic carbocycles. The first-order chi connectivity index (χ1) is 12.7. The van der Waals surface area contributed by atoms with Gasteiger partial charge in [0.25, 0.3) is 0 Å². The van der Waals surface area contributed by atoms with Crippen molar-refractivity contribution < 1.29 is 9.53 Å². The first kappa shape index (κ1) is 18.5. The van der Waals surface area contributed by atoms with Crippen LogP contribution in [0.1, 0.15) is 43.2 Å². The molecule has 0 radical (unpaired) electrons. The Morgan fingerprint density at radius 2 is 1.92 bits per heavy atom. The summed E-state index contributed by atoms with van der Waals surface area (Å²) in [5.74, 6) is 0.883. The van der Waals surface area contributed by atoms with E-state index < -0.39 is 0 Å². The molecule has 0 unspecified atom stereocenters. The monoisotopic (exact) mass is 370 g/mol. The number of amides is 1. The maximum Gasteiger partial charge on any atom is 0.243 e. The van der Waals surface area contributed by atoms with Crippen molar-refractivity contribution in [3.05, 3.63) is 64.7 Å². The van der Waals surface area contributed by atoms with E-state index in [1.807, 2.05) is 48.5 Å². The van der Waals surface area contributed by atoms with Crippen LogP contribution in [0.2, 0.25) is 5.02 Å². The summed E-state index contributed by atoms with van der Waals surface area (Å²) in [6.07, 6.45) is 7.08. The van der Waals surface area contributed by atoms with E-state index in [1.54, 1.807) is 6.21 Å². The SMILES string of the molecule is O=C(NN=Cc1cccc(OCc2ccc(Cl)cc2)c1)C1CCCCC1. The van der Waals surface area contributed by atoms with E-state index in [9.17, 15) is 4.79 Å². The fourth-order valence-electron chi connectivity index (χ4n) is 3.06. The van der Waals surface area contributed by atoms with Crippen LogP contribution >= 0.6 is 11.6 Å². The molecule has 0 bridgehead atoms. The molecule has 0 atom stereocenters. The molecule has 1 aliphatic rings. The first-order valence-corrected chi connectivity index (χ1v) is 9.39. The van der Waals surface area contributed by atoms with Gasteiger partial charge in [-0.2, -0.15) is 5.10 Å². The second-order valence-corrected chi connectivity index (χ2v) is 6.99. The molecule has 1 amide bonds. The Morgan fingerprint density at radius 3 is 2.69 bits per heavy atom. The van der Waals surface area contributed by atoms with Crippen LogP contribution in [0, 0.1) is 5.92 Å². The van der Waals surface area contributed by atoms with Gasteiger partial charge in [-0.1, -0.05) is 55.1 Å². The van der Waals surface area contributed by atoms with E-state index in [0.29, 0.717) is 11.6 Å². The van der Waals surface area contributed by atoms with Crippen LogP contribution in [0.4, 0.5) is 0 Å². The van der Waals surface area contributed by atoms with Gasteiger partial charge >= 0.3 is 0 Å². The topological polar surface area (TPSA) is 50.7 Å². The predicted molar refractivity (Wildman–Crippen MR) is 105 cm³/mol. The van der Waals surface area contributed by atoms with E-state index >= 15 is 0 Å². The molecule has 2 aromatic rings. The van der Waals surface area contributed by atoms with E-state index in [1.165, 1.54) is 6.42 Å². The van der Waals surface area contributed by atoms with Crippen molar-refractivity contribution in [2.75, 3.05) is 0 Å². The van der Waals surface area contributed by atoms with Crippen LogP contribution in [0.3, 0.4) is 0 Å². The van der Waals surface area contributed by atoms with Crippen LogP contribution in [-0.4, -0.2) is 12.1 Å². The average Bonchev–Trinajstić information content (AvgIpc) is 2.68. The second-order valence-electron chi connectivity index (χ2n) is 6.56. The van der Waals surface area contributed by atoms with Crippen molar-refractivity contribution >= 4 is 23.7 Å². The van der Waals surface area contributed by atoms with Gasteiger partial charge in [0.2, 0.25) is 5.91 Å². The van der Waals surface area contributed by atoms with Crippen molar-refractivity contribution in [3.8, 4) is 5.75 Å². The number of carbonyl (C=O) groups excluding carboxylic acids is 1. The maximum absolute atomic E-state index is 12.1. The minimum Gasteiger partial charge on any atom is -0.489 e. The number of nitrogens with one attached hydrogen (secondary N) is 1. The van der Waals surface area contributed by atoms with E-state index in [-0.39, 0.29) is 11.8 Å². The third-order valence-electron chi connectivity index (χ3n) is 4.54. The molecule has 0 aliphatic heterocycles. The third kappa shape index (κ3) is 5.60. The lowest BCUT2D eigenvalue weighted by Gasteiger charge is -2.19. The quantitative estimate of drug-likeness (QED) is 0.577. The molecule has 3 rings (SSSR count). The largest absolute Gasteiger partial charge is 0.489 e. The fourth-order valence-corrected chi connectivity index (χ4v) is 3.18. The van der Waals surface area contributed by atoms with Crippen molar-refractivity contribution in [1.82, 2.24) is 5.43 Å². The molecule has 1 N–H and O–H groups in total. The summed E-state index contributed by atoms with van der Waals surface area (Å²) in [6.45, 7) is 0.468. The smallest absolute Gasteiger partial charge is 0.243 e. The highest BCUT2D eigenvalue weighted by Crippen LogP contribution is 2.23. The van der Waals surface area contributed by atoms with Gasteiger partial charge in [0.15, 0.2) is 0 Å². The molecule has 2 aromatic carbocycles. The molecule has 136 valence electrons.